The van der Waals surface area contributed by atoms with Crippen LogP contribution in [-0.4, -0.2) is 35.8 Å². The van der Waals surface area contributed by atoms with Crippen molar-refractivity contribution in [3.8, 4) is 0 Å². The van der Waals surface area contributed by atoms with Crippen LogP contribution in [0.3, 0.4) is 0 Å². The van der Waals surface area contributed by atoms with Gasteiger partial charge in [-0.25, -0.2) is 0 Å². The average molecular weight is 375 g/mol. The maximum Gasteiger partial charge on any atom is 0.252 e. The molecule has 1 aromatic carbocycles. The number of carbonyl (C=O) groups is 2. The average Bonchev–Trinajstić information content (AvgIpc) is 2.68. The van der Waals surface area contributed by atoms with Gasteiger partial charge < -0.3 is 10.2 Å². The molecule has 1 aromatic rings. The van der Waals surface area contributed by atoms with Gasteiger partial charge in [-0.3, -0.25) is 9.59 Å². The summed E-state index contributed by atoms with van der Waals surface area (Å²) in [7, 11) is 0. The van der Waals surface area contributed by atoms with E-state index in [1.54, 1.807) is 6.07 Å². The van der Waals surface area contributed by atoms with E-state index in [1.165, 1.54) is 32.1 Å². The molecule has 0 atom stereocenters. The fraction of sp³-hybridized carbons (Fsp3) is 0.619. The van der Waals surface area contributed by atoms with Gasteiger partial charge in [0, 0.05) is 30.4 Å². The van der Waals surface area contributed by atoms with Crippen molar-refractivity contribution >= 4 is 24.4 Å². The zero-order valence-corrected chi connectivity index (χ0v) is 16.3. The molecule has 0 aromatic heterocycles. The molecule has 4 nitrogen and oxygen atoms in total. The van der Waals surface area contributed by atoms with Crippen molar-refractivity contribution in [2.45, 2.75) is 68.7 Å². The molecule has 1 aliphatic heterocycles. The predicted octanol–water partition coefficient (Wildman–Crippen LogP) is 4.06. The van der Waals surface area contributed by atoms with Crippen LogP contribution in [0, 0.1) is 5.92 Å². The number of piperidine rings is 1. The van der Waals surface area contributed by atoms with Crippen molar-refractivity contribution in [3.05, 3.63) is 29.8 Å². The quantitative estimate of drug-likeness (QED) is 0.764. The Kier molecular flexibility index (Phi) is 7.00. The summed E-state index contributed by atoms with van der Waals surface area (Å²) in [5, 5.41) is 3.09. The Morgan fingerprint density at radius 3 is 2.42 bits per heavy atom. The fourth-order valence-corrected chi connectivity index (χ4v) is 4.43. The van der Waals surface area contributed by atoms with Crippen molar-refractivity contribution < 1.29 is 9.59 Å². The first-order chi connectivity index (χ1) is 12.6. The lowest BCUT2D eigenvalue weighted by Crippen LogP contribution is -2.46. The van der Waals surface area contributed by atoms with Crippen LogP contribution < -0.4 is 5.32 Å². The number of likely N-dealkylation sites (tertiary alicyclic amines) is 1. The van der Waals surface area contributed by atoms with E-state index < -0.39 is 0 Å². The third-order valence-corrected chi connectivity index (χ3v) is 6.21. The number of carbonyl (C=O) groups excluding carboxylic acids is 2. The number of nitrogens with one attached hydrogen (secondary N) is 1. The van der Waals surface area contributed by atoms with Crippen LogP contribution in [0.5, 0.6) is 0 Å². The van der Waals surface area contributed by atoms with E-state index in [0.717, 1.165) is 38.3 Å². The Balaban J connectivity index is 1.40. The molecule has 0 unspecified atom stereocenters. The summed E-state index contributed by atoms with van der Waals surface area (Å²) in [4.78, 5) is 27.5. The van der Waals surface area contributed by atoms with E-state index in [4.69, 9.17) is 0 Å². The van der Waals surface area contributed by atoms with Crippen LogP contribution in [0.25, 0.3) is 0 Å². The van der Waals surface area contributed by atoms with Gasteiger partial charge in [0.1, 0.15) is 0 Å². The van der Waals surface area contributed by atoms with Crippen LogP contribution in [0.4, 0.5) is 0 Å². The molecule has 5 heteroatoms. The Morgan fingerprint density at radius 2 is 1.73 bits per heavy atom. The van der Waals surface area contributed by atoms with Gasteiger partial charge in [0.25, 0.3) is 5.91 Å². The van der Waals surface area contributed by atoms with Crippen molar-refractivity contribution in [3.63, 3.8) is 0 Å². The molecule has 1 saturated carbocycles. The fourth-order valence-electron chi connectivity index (χ4n) is 4.16. The van der Waals surface area contributed by atoms with Crippen LogP contribution >= 0.6 is 12.6 Å². The molecular weight excluding hydrogens is 344 g/mol. The highest BCUT2D eigenvalue weighted by atomic mass is 32.1. The smallest absolute Gasteiger partial charge is 0.252 e. The minimum absolute atomic E-state index is 0.0716. The van der Waals surface area contributed by atoms with Crippen LogP contribution in [-0.2, 0) is 4.79 Å². The summed E-state index contributed by atoms with van der Waals surface area (Å²) in [6.07, 6.45) is 10.0. The molecule has 2 fully saturated rings. The third kappa shape index (κ3) is 5.26. The van der Waals surface area contributed by atoms with Gasteiger partial charge in [-0.2, -0.15) is 0 Å². The number of rotatable bonds is 5. The summed E-state index contributed by atoms with van der Waals surface area (Å²) in [6, 6.07) is 7.48. The first kappa shape index (κ1) is 19.3. The van der Waals surface area contributed by atoms with E-state index in [2.05, 4.69) is 17.9 Å². The zero-order valence-electron chi connectivity index (χ0n) is 15.5. The predicted molar refractivity (Wildman–Crippen MR) is 107 cm³/mol. The standard InChI is InChI=1S/C21H30N2O2S/c24-20(11-10-16-6-2-1-3-7-16)23-14-12-17(13-15-23)22-21(25)18-8-4-5-9-19(18)26/h4-5,8-9,16-17,26H,1-3,6-7,10-15H2,(H,22,25). The summed E-state index contributed by atoms with van der Waals surface area (Å²) < 4.78 is 0. The highest BCUT2D eigenvalue weighted by Crippen LogP contribution is 2.27. The maximum absolute atomic E-state index is 12.5. The van der Waals surface area contributed by atoms with Gasteiger partial charge in [0.05, 0.1) is 5.56 Å². The molecule has 2 amide bonds. The summed E-state index contributed by atoms with van der Waals surface area (Å²) >= 11 is 4.35. The van der Waals surface area contributed by atoms with Crippen LogP contribution in [0.1, 0.15) is 68.1 Å². The van der Waals surface area contributed by atoms with Gasteiger partial charge in [0.2, 0.25) is 5.91 Å². The second kappa shape index (κ2) is 9.45. The monoisotopic (exact) mass is 374 g/mol. The van der Waals surface area contributed by atoms with E-state index in [0.29, 0.717) is 22.8 Å². The number of nitrogens with zero attached hydrogens (tertiary/aromatic N) is 1. The Morgan fingerprint density at radius 1 is 1.04 bits per heavy atom. The zero-order chi connectivity index (χ0) is 18.4. The molecule has 1 aliphatic carbocycles. The van der Waals surface area contributed by atoms with Crippen molar-refractivity contribution in [2.24, 2.45) is 5.92 Å². The van der Waals surface area contributed by atoms with Crippen molar-refractivity contribution in [1.82, 2.24) is 10.2 Å². The number of hydrogen-bond acceptors (Lipinski definition) is 3. The number of thiol groups is 1. The van der Waals surface area contributed by atoms with Crippen LogP contribution in [0.2, 0.25) is 0 Å². The lowest BCUT2D eigenvalue weighted by atomic mass is 9.86. The summed E-state index contributed by atoms with van der Waals surface area (Å²) in [6.45, 7) is 1.49. The SMILES string of the molecule is O=C(NC1CCN(C(=O)CCC2CCCCC2)CC1)c1ccccc1S. The topological polar surface area (TPSA) is 49.4 Å². The van der Waals surface area contributed by atoms with E-state index >= 15 is 0 Å². The number of amides is 2. The minimum Gasteiger partial charge on any atom is -0.349 e. The maximum atomic E-state index is 12.5. The molecule has 1 heterocycles. The molecule has 3 rings (SSSR count). The van der Waals surface area contributed by atoms with E-state index in [1.807, 2.05) is 23.1 Å². The first-order valence-electron chi connectivity index (χ1n) is 10.00. The molecule has 1 N–H and O–H groups in total. The largest absolute Gasteiger partial charge is 0.349 e. The normalized spacial score (nSPS) is 19.3. The molecule has 1 saturated heterocycles. The molecule has 142 valence electrons. The lowest BCUT2D eigenvalue weighted by Gasteiger charge is -2.33. The lowest BCUT2D eigenvalue weighted by molar-refractivity contribution is -0.132. The van der Waals surface area contributed by atoms with E-state index in [-0.39, 0.29) is 11.9 Å². The molecule has 0 bridgehead atoms. The minimum atomic E-state index is -0.0716. The number of hydrogen-bond donors (Lipinski definition) is 2. The Labute approximate surface area is 162 Å². The van der Waals surface area contributed by atoms with E-state index in [9.17, 15) is 9.59 Å². The van der Waals surface area contributed by atoms with Gasteiger partial charge in [-0.05, 0) is 37.3 Å². The van der Waals surface area contributed by atoms with Crippen molar-refractivity contribution in [2.75, 3.05) is 13.1 Å². The number of benzene rings is 1. The third-order valence-electron chi connectivity index (χ3n) is 5.82. The highest BCUT2D eigenvalue weighted by Gasteiger charge is 2.25. The molecule has 2 aliphatic rings. The second-order valence-corrected chi connectivity index (χ2v) is 8.17. The molecule has 0 spiro atoms. The summed E-state index contributed by atoms with van der Waals surface area (Å²) in [5.74, 6) is 0.976. The Bertz CT molecular complexity index is 620. The molecule has 26 heavy (non-hydrogen) atoms. The molecular formula is C21H30N2O2S. The van der Waals surface area contributed by atoms with Gasteiger partial charge in [0.15, 0.2) is 0 Å². The second-order valence-electron chi connectivity index (χ2n) is 7.69. The van der Waals surface area contributed by atoms with Gasteiger partial charge >= 0.3 is 0 Å². The van der Waals surface area contributed by atoms with Gasteiger partial charge in [-0.1, -0.05) is 44.2 Å². The Hall–Kier alpha value is -1.49. The molecule has 0 radical (unpaired) electrons. The summed E-state index contributed by atoms with van der Waals surface area (Å²) in [5.41, 5.74) is 0.613. The first-order valence-corrected chi connectivity index (χ1v) is 10.4. The highest BCUT2D eigenvalue weighted by molar-refractivity contribution is 7.80. The van der Waals surface area contributed by atoms with Gasteiger partial charge in [-0.15, -0.1) is 12.6 Å². The van der Waals surface area contributed by atoms with Crippen LogP contribution in [0.15, 0.2) is 29.2 Å². The van der Waals surface area contributed by atoms with Crippen molar-refractivity contribution in [1.29, 1.82) is 0 Å².